The summed E-state index contributed by atoms with van der Waals surface area (Å²) < 4.78 is 0. The molecule has 3 N–H and O–H groups in total. The van der Waals surface area contributed by atoms with E-state index < -0.39 is 6.03 Å². The summed E-state index contributed by atoms with van der Waals surface area (Å²) in [5, 5.41) is 2.61. The Kier molecular flexibility index (Phi) is 3.72. The normalized spacial score (nSPS) is 14.2. The monoisotopic (exact) mass is 236 g/mol. The second-order valence-corrected chi connectivity index (χ2v) is 5.07. The Balaban J connectivity index is 1.97. The summed E-state index contributed by atoms with van der Waals surface area (Å²) in [7, 11) is 0. The van der Waals surface area contributed by atoms with E-state index in [0.717, 1.165) is 6.42 Å². The molecule has 0 aliphatic carbocycles. The molecular weight excluding hydrogens is 220 g/mol. The number of hydrogen-bond donors (Lipinski definition) is 2. The first-order chi connectivity index (χ1) is 7.75. The van der Waals surface area contributed by atoms with Crippen LogP contribution in [0.5, 0.6) is 0 Å². The molecular formula is C12H16N2OS. The van der Waals surface area contributed by atoms with Gasteiger partial charge in [-0.15, -0.1) is 11.8 Å². The minimum absolute atomic E-state index is 0.450. The molecule has 0 spiro atoms. The summed E-state index contributed by atoms with van der Waals surface area (Å²) in [6, 6.07) is 6.14. The number of primary amides is 1. The third-order valence-corrected chi connectivity index (χ3v) is 3.89. The van der Waals surface area contributed by atoms with Crippen LogP contribution in [-0.4, -0.2) is 18.3 Å². The average Bonchev–Trinajstić information content (AvgIpc) is 2.28. The lowest BCUT2D eigenvalue weighted by atomic mass is 10.0. The van der Waals surface area contributed by atoms with Gasteiger partial charge in [-0.05, 0) is 42.2 Å². The van der Waals surface area contributed by atoms with Crippen LogP contribution in [0.2, 0.25) is 0 Å². The van der Waals surface area contributed by atoms with Crippen LogP contribution in [0.3, 0.4) is 0 Å². The van der Waals surface area contributed by atoms with E-state index in [1.165, 1.54) is 34.6 Å². The maximum Gasteiger partial charge on any atom is 0.312 e. The molecule has 86 valence electrons. The third-order valence-electron chi connectivity index (χ3n) is 2.69. The van der Waals surface area contributed by atoms with Gasteiger partial charge in [0.1, 0.15) is 0 Å². The Bertz CT molecular complexity index is 393. The number of urea groups is 1. The standard InChI is InChI=1S/C12H16N2OS/c13-12(15)14-6-5-9-3-4-11-10(8-9)2-1-7-16-11/h3-4,8H,1-2,5-7H2,(H3,13,14,15). The van der Waals surface area contributed by atoms with E-state index in [0.29, 0.717) is 6.54 Å². The Morgan fingerprint density at radius 1 is 1.50 bits per heavy atom. The highest BCUT2D eigenvalue weighted by atomic mass is 32.2. The maximum absolute atomic E-state index is 10.5. The van der Waals surface area contributed by atoms with Gasteiger partial charge < -0.3 is 11.1 Å². The molecule has 16 heavy (non-hydrogen) atoms. The van der Waals surface area contributed by atoms with Crippen molar-refractivity contribution in [2.45, 2.75) is 24.2 Å². The van der Waals surface area contributed by atoms with Gasteiger partial charge in [-0.3, -0.25) is 0 Å². The molecule has 1 aromatic carbocycles. The first-order valence-electron chi connectivity index (χ1n) is 5.53. The fraction of sp³-hybridized carbons (Fsp3) is 0.417. The van der Waals surface area contributed by atoms with E-state index >= 15 is 0 Å². The lowest BCUT2D eigenvalue weighted by molar-refractivity contribution is 0.249. The van der Waals surface area contributed by atoms with E-state index in [9.17, 15) is 4.79 Å². The maximum atomic E-state index is 10.5. The summed E-state index contributed by atoms with van der Waals surface area (Å²) in [5.41, 5.74) is 7.74. The van der Waals surface area contributed by atoms with Crippen LogP contribution in [-0.2, 0) is 12.8 Å². The van der Waals surface area contributed by atoms with Crippen molar-refractivity contribution < 1.29 is 4.79 Å². The zero-order valence-corrected chi connectivity index (χ0v) is 9.98. The molecule has 0 aromatic heterocycles. The second kappa shape index (κ2) is 5.25. The van der Waals surface area contributed by atoms with Crippen molar-refractivity contribution in [3.05, 3.63) is 29.3 Å². The van der Waals surface area contributed by atoms with Gasteiger partial charge in [-0.25, -0.2) is 4.79 Å². The molecule has 1 aliphatic heterocycles. The molecule has 0 radical (unpaired) electrons. The molecule has 1 aliphatic rings. The van der Waals surface area contributed by atoms with Crippen molar-refractivity contribution >= 4 is 17.8 Å². The zero-order chi connectivity index (χ0) is 11.4. The number of nitrogens with one attached hydrogen (secondary N) is 1. The summed E-state index contributed by atoms with van der Waals surface area (Å²) in [6.45, 7) is 0.612. The predicted octanol–water partition coefficient (Wildman–Crippen LogP) is 1.94. The molecule has 1 heterocycles. The van der Waals surface area contributed by atoms with E-state index in [1.54, 1.807) is 0 Å². The molecule has 0 bridgehead atoms. The number of hydrogen-bond acceptors (Lipinski definition) is 2. The van der Waals surface area contributed by atoms with Crippen LogP contribution < -0.4 is 11.1 Å². The van der Waals surface area contributed by atoms with E-state index in [-0.39, 0.29) is 0 Å². The molecule has 2 amide bonds. The molecule has 0 saturated heterocycles. The number of nitrogens with two attached hydrogens (primary N) is 1. The van der Waals surface area contributed by atoms with Crippen LogP contribution in [0.25, 0.3) is 0 Å². The SMILES string of the molecule is NC(=O)NCCc1ccc2c(c1)CCCS2. The molecule has 3 nitrogen and oxygen atoms in total. The lowest BCUT2D eigenvalue weighted by Gasteiger charge is -2.16. The number of benzene rings is 1. The van der Waals surface area contributed by atoms with Crippen molar-refractivity contribution in [1.29, 1.82) is 0 Å². The quantitative estimate of drug-likeness (QED) is 0.842. The van der Waals surface area contributed by atoms with Gasteiger partial charge in [0, 0.05) is 11.4 Å². The Labute approximate surface area is 99.8 Å². The van der Waals surface area contributed by atoms with Crippen LogP contribution in [0.15, 0.2) is 23.1 Å². The minimum atomic E-state index is -0.450. The fourth-order valence-corrected chi connectivity index (χ4v) is 2.92. The number of carbonyl (C=O) groups excluding carboxylic acids is 1. The number of thioether (sulfide) groups is 1. The van der Waals surface area contributed by atoms with Gasteiger partial charge in [0.05, 0.1) is 0 Å². The van der Waals surface area contributed by atoms with Crippen molar-refractivity contribution in [2.24, 2.45) is 5.73 Å². The van der Waals surface area contributed by atoms with Crippen LogP contribution in [0.4, 0.5) is 4.79 Å². The average molecular weight is 236 g/mol. The number of amides is 2. The van der Waals surface area contributed by atoms with Crippen molar-refractivity contribution in [3.8, 4) is 0 Å². The highest BCUT2D eigenvalue weighted by molar-refractivity contribution is 7.99. The summed E-state index contributed by atoms with van der Waals surface area (Å²) in [4.78, 5) is 11.9. The second-order valence-electron chi connectivity index (χ2n) is 3.94. The largest absolute Gasteiger partial charge is 0.352 e. The van der Waals surface area contributed by atoms with Gasteiger partial charge in [0.15, 0.2) is 0 Å². The smallest absolute Gasteiger partial charge is 0.312 e. The van der Waals surface area contributed by atoms with Crippen molar-refractivity contribution in [3.63, 3.8) is 0 Å². The van der Waals surface area contributed by atoms with Gasteiger partial charge in [-0.2, -0.15) is 0 Å². The molecule has 0 unspecified atom stereocenters. The minimum Gasteiger partial charge on any atom is -0.352 e. The highest BCUT2D eigenvalue weighted by Crippen LogP contribution is 2.30. The number of rotatable bonds is 3. The molecule has 1 aromatic rings. The first-order valence-corrected chi connectivity index (χ1v) is 6.52. The van der Waals surface area contributed by atoms with Gasteiger partial charge >= 0.3 is 6.03 Å². The Hall–Kier alpha value is -1.16. The Morgan fingerprint density at radius 3 is 3.19 bits per heavy atom. The van der Waals surface area contributed by atoms with E-state index in [2.05, 4.69) is 23.5 Å². The van der Waals surface area contributed by atoms with E-state index in [1.807, 2.05) is 11.8 Å². The first kappa shape index (κ1) is 11.3. The fourth-order valence-electron chi connectivity index (χ4n) is 1.90. The predicted molar refractivity (Wildman–Crippen MR) is 66.8 cm³/mol. The van der Waals surface area contributed by atoms with Crippen molar-refractivity contribution in [2.75, 3.05) is 12.3 Å². The van der Waals surface area contributed by atoms with Crippen LogP contribution in [0, 0.1) is 0 Å². The number of aryl methyl sites for hydroxylation is 1. The highest BCUT2D eigenvalue weighted by Gasteiger charge is 2.09. The summed E-state index contributed by atoms with van der Waals surface area (Å²) in [6.07, 6.45) is 3.29. The molecule has 0 fully saturated rings. The zero-order valence-electron chi connectivity index (χ0n) is 9.16. The van der Waals surface area contributed by atoms with Crippen LogP contribution >= 0.6 is 11.8 Å². The van der Waals surface area contributed by atoms with Gasteiger partial charge in [0.2, 0.25) is 0 Å². The molecule has 2 rings (SSSR count). The molecule has 0 saturated carbocycles. The summed E-state index contributed by atoms with van der Waals surface area (Å²) in [5.74, 6) is 1.23. The van der Waals surface area contributed by atoms with Crippen molar-refractivity contribution in [1.82, 2.24) is 5.32 Å². The molecule has 4 heteroatoms. The van der Waals surface area contributed by atoms with Gasteiger partial charge in [-0.1, -0.05) is 12.1 Å². The topological polar surface area (TPSA) is 55.1 Å². The Morgan fingerprint density at radius 2 is 2.38 bits per heavy atom. The van der Waals surface area contributed by atoms with Crippen LogP contribution in [0.1, 0.15) is 17.5 Å². The number of carbonyl (C=O) groups is 1. The third kappa shape index (κ3) is 2.92. The van der Waals surface area contributed by atoms with Gasteiger partial charge in [0.25, 0.3) is 0 Å². The van der Waals surface area contributed by atoms with E-state index in [4.69, 9.17) is 5.73 Å². The summed E-state index contributed by atoms with van der Waals surface area (Å²) >= 11 is 1.94. The lowest BCUT2D eigenvalue weighted by Crippen LogP contribution is -2.30. The number of fused-ring (bicyclic) bond motifs is 1. The molecule has 0 atom stereocenters.